The van der Waals surface area contributed by atoms with Crippen molar-refractivity contribution < 1.29 is 9.53 Å². The van der Waals surface area contributed by atoms with Crippen molar-refractivity contribution in [3.63, 3.8) is 0 Å². The van der Waals surface area contributed by atoms with Crippen molar-refractivity contribution in [2.24, 2.45) is 5.10 Å². The molecular formula is C13H12BrN3O2. The van der Waals surface area contributed by atoms with Crippen molar-refractivity contribution in [1.82, 2.24) is 10.4 Å². The summed E-state index contributed by atoms with van der Waals surface area (Å²) >= 11 is 3.32. The molecule has 0 radical (unpaired) electrons. The highest BCUT2D eigenvalue weighted by Crippen LogP contribution is 2.15. The van der Waals surface area contributed by atoms with Crippen LogP contribution in [-0.4, -0.2) is 23.7 Å². The second-order valence-electron chi connectivity index (χ2n) is 3.66. The number of amides is 1. The van der Waals surface area contributed by atoms with E-state index < -0.39 is 0 Å². The maximum Gasteiger partial charge on any atom is 0.277 e. The van der Waals surface area contributed by atoms with Crippen LogP contribution < -0.4 is 10.2 Å². The fourth-order valence-electron chi connectivity index (χ4n) is 1.31. The molecule has 0 saturated heterocycles. The summed E-state index contributed by atoms with van der Waals surface area (Å²) in [5.74, 6) is 0.317. The van der Waals surface area contributed by atoms with Crippen LogP contribution in [0.25, 0.3) is 0 Å². The van der Waals surface area contributed by atoms with Gasteiger partial charge in [-0.3, -0.25) is 4.79 Å². The van der Waals surface area contributed by atoms with E-state index in [-0.39, 0.29) is 12.5 Å². The third kappa shape index (κ3) is 4.59. The number of benzene rings is 1. The largest absolute Gasteiger partial charge is 0.484 e. The highest BCUT2D eigenvalue weighted by molar-refractivity contribution is 9.10. The Balaban J connectivity index is 1.74. The number of ether oxygens (including phenoxy) is 1. The minimum atomic E-state index is -0.314. The van der Waals surface area contributed by atoms with Gasteiger partial charge in [0, 0.05) is 10.7 Å². The Kier molecular flexibility index (Phi) is 4.74. The van der Waals surface area contributed by atoms with Crippen molar-refractivity contribution in [3.05, 3.63) is 52.8 Å². The van der Waals surface area contributed by atoms with Crippen LogP contribution >= 0.6 is 15.9 Å². The van der Waals surface area contributed by atoms with Crippen molar-refractivity contribution >= 4 is 28.1 Å². The molecule has 0 spiro atoms. The highest BCUT2D eigenvalue weighted by atomic mass is 79.9. The average molecular weight is 322 g/mol. The molecule has 0 aliphatic carbocycles. The molecule has 0 fully saturated rings. The molecule has 1 amide bonds. The van der Waals surface area contributed by atoms with Crippen molar-refractivity contribution in [1.29, 1.82) is 0 Å². The van der Waals surface area contributed by atoms with Crippen LogP contribution in [0.1, 0.15) is 5.69 Å². The maximum atomic E-state index is 11.4. The number of halogens is 1. The van der Waals surface area contributed by atoms with Gasteiger partial charge in [0.2, 0.25) is 0 Å². The van der Waals surface area contributed by atoms with E-state index in [9.17, 15) is 4.79 Å². The van der Waals surface area contributed by atoms with Gasteiger partial charge in [-0.15, -0.1) is 0 Å². The van der Waals surface area contributed by atoms with E-state index in [1.807, 2.05) is 24.3 Å². The van der Waals surface area contributed by atoms with Crippen LogP contribution in [0.15, 0.2) is 52.2 Å². The van der Waals surface area contributed by atoms with Gasteiger partial charge in [-0.25, -0.2) is 5.43 Å². The summed E-state index contributed by atoms with van der Waals surface area (Å²) in [5.41, 5.74) is 3.19. The molecule has 19 heavy (non-hydrogen) atoms. The lowest BCUT2D eigenvalue weighted by Crippen LogP contribution is -2.24. The van der Waals surface area contributed by atoms with E-state index in [4.69, 9.17) is 4.74 Å². The van der Waals surface area contributed by atoms with Gasteiger partial charge in [0.05, 0.1) is 11.9 Å². The predicted molar refractivity (Wildman–Crippen MR) is 76.2 cm³/mol. The van der Waals surface area contributed by atoms with Crippen LogP contribution in [0.5, 0.6) is 5.75 Å². The molecule has 2 rings (SSSR count). The SMILES string of the molecule is O=C(COc1ccc(Br)cc1)NN=Cc1ccc[nH]1. The molecular weight excluding hydrogens is 310 g/mol. The standard InChI is InChI=1S/C13H12BrN3O2/c14-10-3-5-12(6-4-10)19-9-13(18)17-16-8-11-2-1-7-15-11/h1-8,15H,9H2,(H,17,18). The Hall–Kier alpha value is -2.08. The fraction of sp³-hybridized carbons (Fsp3) is 0.0769. The van der Waals surface area contributed by atoms with Gasteiger partial charge in [-0.2, -0.15) is 5.10 Å². The molecule has 2 N–H and O–H groups in total. The van der Waals surface area contributed by atoms with Crippen LogP contribution in [0.3, 0.4) is 0 Å². The molecule has 5 nitrogen and oxygen atoms in total. The van der Waals surface area contributed by atoms with Gasteiger partial charge in [-0.1, -0.05) is 15.9 Å². The number of carbonyl (C=O) groups is 1. The number of hydrogen-bond acceptors (Lipinski definition) is 3. The first-order valence-electron chi connectivity index (χ1n) is 5.58. The summed E-state index contributed by atoms with van der Waals surface area (Å²) in [6, 6.07) is 10.9. The van der Waals surface area contributed by atoms with Crippen LogP contribution in [0.2, 0.25) is 0 Å². The Bertz CT molecular complexity index is 550. The van der Waals surface area contributed by atoms with Crippen molar-refractivity contribution in [2.75, 3.05) is 6.61 Å². The first-order chi connectivity index (χ1) is 9.24. The molecule has 0 aliphatic rings. The number of nitrogens with one attached hydrogen (secondary N) is 2. The normalized spacial score (nSPS) is 10.6. The number of nitrogens with zero attached hydrogens (tertiary/aromatic N) is 1. The molecule has 0 atom stereocenters. The summed E-state index contributed by atoms with van der Waals surface area (Å²) < 4.78 is 6.25. The van der Waals surface area contributed by atoms with Crippen molar-refractivity contribution in [3.8, 4) is 5.75 Å². The molecule has 98 valence electrons. The number of H-pyrrole nitrogens is 1. The lowest BCUT2D eigenvalue weighted by Gasteiger charge is -2.04. The molecule has 0 saturated carbocycles. The molecule has 6 heteroatoms. The molecule has 1 heterocycles. The Morgan fingerprint density at radius 3 is 2.84 bits per heavy atom. The van der Waals surface area contributed by atoms with E-state index in [1.54, 1.807) is 18.3 Å². The molecule has 1 aromatic carbocycles. The van der Waals surface area contributed by atoms with Gasteiger partial charge in [0.15, 0.2) is 6.61 Å². The molecule has 0 bridgehead atoms. The number of aromatic nitrogens is 1. The Morgan fingerprint density at radius 2 is 2.16 bits per heavy atom. The first-order valence-corrected chi connectivity index (χ1v) is 6.37. The van der Waals surface area contributed by atoms with Gasteiger partial charge in [0.1, 0.15) is 5.75 Å². The van der Waals surface area contributed by atoms with Crippen LogP contribution in [0.4, 0.5) is 0 Å². The summed E-state index contributed by atoms with van der Waals surface area (Å²) in [6.45, 7) is -0.0797. The van der Waals surface area contributed by atoms with Crippen LogP contribution in [0, 0.1) is 0 Å². The minimum Gasteiger partial charge on any atom is -0.484 e. The number of rotatable bonds is 5. The smallest absolute Gasteiger partial charge is 0.277 e. The average Bonchev–Trinajstić information content (AvgIpc) is 2.91. The van der Waals surface area contributed by atoms with Gasteiger partial charge in [0.25, 0.3) is 5.91 Å². The molecule has 2 aromatic rings. The summed E-state index contributed by atoms with van der Waals surface area (Å²) in [5, 5.41) is 3.80. The zero-order chi connectivity index (χ0) is 13.5. The van der Waals surface area contributed by atoms with E-state index in [0.717, 1.165) is 10.2 Å². The lowest BCUT2D eigenvalue weighted by atomic mass is 10.3. The Labute approximate surface area is 118 Å². The molecule has 0 aliphatic heterocycles. The topological polar surface area (TPSA) is 66.5 Å². The number of hydrogen-bond donors (Lipinski definition) is 2. The van der Waals surface area contributed by atoms with Gasteiger partial charge < -0.3 is 9.72 Å². The predicted octanol–water partition coefficient (Wildman–Crippen LogP) is 2.31. The van der Waals surface area contributed by atoms with Gasteiger partial charge >= 0.3 is 0 Å². The van der Waals surface area contributed by atoms with E-state index in [2.05, 4.69) is 31.4 Å². The van der Waals surface area contributed by atoms with E-state index in [1.165, 1.54) is 6.21 Å². The second kappa shape index (κ2) is 6.75. The summed E-state index contributed by atoms with van der Waals surface area (Å²) in [7, 11) is 0. The lowest BCUT2D eigenvalue weighted by molar-refractivity contribution is -0.123. The zero-order valence-corrected chi connectivity index (χ0v) is 11.6. The highest BCUT2D eigenvalue weighted by Gasteiger charge is 2.01. The molecule has 0 unspecified atom stereocenters. The number of hydrazone groups is 1. The van der Waals surface area contributed by atoms with Crippen LogP contribution in [-0.2, 0) is 4.79 Å². The maximum absolute atomic E-state index is 11.4. The summed E-state index contributed by atoms with van der Waals surface area (Å²) in [6.07, 6.45) is 3.30. The van der Waals surface area contributed by atoms with E-state index >= 15 is 0 Å². The van der Waals surface area contributed by atoms with Crippen molar-refractivity contribution in [2.45, 2.75) is 0 Å². The van der Waals surface area contributed by atoms with Gasteiger partial charge in [-0.05, 0) is 36.4 Å². The monoisotopic (exact) mass is 321 g/mol. The third-order valence-corrected chi connectivity index (χ3v) is 2.73. The zero-order valence-electron chi connectivity index (χ0n) is 9.97. The fourth-order valence-corrected chi connectivity index (χ4v) is 1.57. The summed E-state index contributed by atoms with van der Waals surface area (Å²) in [4.78, 5) is 14.4. The molecule has 1 aromatic heterocycles. The minimum absolute atomic E-state index is 0.0797. The Morgan fingerprint density at radius 1 is 1.37 bits per heavy atom. The quantitative estimate of drug-likeness (QED) is 0.655. The number of carbonyl (C=O) groups excluding carboxylic acids is 1. The second-order valence-corrected chi connectivity index (χ2v) is 4.58. The number of aromatic amines is 1. The first kappa shape index (κ1) is 13.4. The third-order valence-electron chi connectivity index (χ3n) is 2.20. The van der Waals surface area contributed by atoms with E-state index in [0.29, 0.717) is 5.75 Å².